The Kier molecular flexibility index (Phi) is 6.58. The van der Waals surface area contributed by atoms with Gasteiger partial charge in [0.15, 0.2) is 0 Å². The number of carbonyl (C=O) groups excluding carboxylic acids is 1. The molecular formula is C15H21NO3S. The smallest absolute Gasteiger partial charge is 0.316 e. The number of amides is 1. The zero-order valence-corrected chi connectivity index (χ0v) is 12.9. The number of carboxylic acid groups (broad SMARTS) is 1. The normalized spacial score (nSPS) is 12.2. The van der Waals surface area contributed by atoms with Crippen molar-refractivity contribution in [3.05, 3.63) is 30.3 Å². The second-order valence-corrected chi connectivity index (χ2v) is 5.92. The maximum Gasteiger partial charge on any atom is 0.316 e. The van der Waals surface area contributed by atoms with Crippen LogP contribution in [0, 0.1) is 5.92 Å². The van der Waals surface area contributed by atoms with Gasteiger partial charge in [-0.15, -0.1) is 11.8 Å². The minimum absolute atomic E-state index is 0.00268. The first-order chi connectivity index (χ1) is 9.47. The summed E-state index contributed by atoms with van der Waals surface area (Å²) in [6, 6.07) is 9.42. The summed E-state index contributed by atoms with van der Waals surface area (Å²) in [5, 5.41) is 8.58. The van der Waals surface area contributed by atoms with Gasteiger partial charge in [0.1, 0.15) is 5.25 Å². The number of anilines is 1. The Morgan fingerprint density at radius 2 is 1.85 bits per heavy atom. The van der Waals surface area contributed by atoms with E-state index in [-0.39, 0.29) is 17.6 Å². The van der Waals surface area contributed by atoms with Crippen LogP contribution in [-0.2, 0) is 9.59 Å². The monoisotopic (exact) mass is 295 g/mol. The van der Waals surface area contributed by atoms with E-state index < -0.39 is 11.2 Å². The Balaban J connectivity index is 2.67. The number of aliphatic carboxylic acids is 1. The van der Waals surface area contributed by atoms with E-state index in [1.807, 2.05) is 51.1 Å². The van der Waals surface area contributed by atoms with E-state index in [0.29, 0.717) is 6.54 Å². The summed E-state index contributed by atoms with van der Waals surface area (Å²) in [6.45, 7) is 6.19. The summed E-state index contributed by atoms with van der Waals surface area (Å²) in [6.07, 6.45) is 0. The topological polar surface area (TPSA) is 57.6 Å². The highest BCUT2D eigenvalue weighted by Crippen LogP contribution is 2.22. The number of hydrogen-bond acceptors (Lipinski definition) is 3. The van der Waals surface area contributed by atoms with Crippen LogP contribution in [0.15, 0.2) is 30.3 Å². The molecule has 1 aromatic rings. The number of carboxylic acids is 1. The van der Waals surface area contributed by atoms with Crippen molar-refractivity contribution in [1.29, 1.82) is 0 Å². The summed E-state index contributed by atoms with van der Waals surface area (Å²) in [5.74, 6) is -0.744. The average molecular weight is 295 g/mol. The van der Waals surface area contributed by atoms with Crippen molar-refractivity contribution < 1.29 is 14.7 Å². The van der Waals surface area contributed by atoms with Crippen molar-refractivity contribution in [1.82, 2.24) is 0 Å². The summed E-state index contributed by atoms with van der Waals surface area (Å²) < 4.78 is 0. The lowest BCUT2D eigenvalue weighted by molar-refractivity contribution is -0.137. The maximum absolute atomic E-state index is 12.2. The van der Waals surface area contributed by atoms with Gasteiger partial charge in [-0.3, -0.25) is 9.59 Å². The van der Waals surface area contributed by atoms with Gasteiger partial charge in [-0.1, -0.05) is 32.0 Å². The third-order valence-corrected chi connectivity index (χ3v) is 4.44. The summed E-state index contributed by atoms with van der Waals surface area (Å²) in [7, 11) is 0. The molecule has 0 bridgehead atoms. The summed E-state index contributed by atoms with van der Waals surface area (Å²) in [4.78, 5) is 25.0. The molecule has 0 saturated heterocycles. The highest BCUT2D eigenvalue weighted by atomic mass is 32.2. The van der Waals surface area contributed by atoms with E-state index >= 15 is 0 Å². The Bertz CT molecular complexity index is 448. The summed E-state index contributed by atoms with van der Waals surface area (Å²) >= 11 is 1.19. The minimum atomic E-state index is -0.861. The van der Waals surface area contributed by atoms with Gasteiger partial charge in [0.2, 0.25) is 5.91 Å². The van der Waals surface area contributed by atoms with E-state index in [1.165, 1.54) is 11.8 Å². The molecule has 1 atom stereocenters. The number of rotatable bonds is 7. The lowest BCUT2D eigenvalue weighted by Gasteiger charge is -2.22. The molecule has 0 saturated carbocycles. The third-order valence-electron chi connectivity index (χ3n) is 2.92. The van der Waals surface area contributed by atoms with Crippen molar-refractivity contribution in [2.75, 3.05) is 17.2 Å². The zero-order valence-electron chi connectivity index (χ0n) is 12.1. The second kappa shape index (κ2) is 7.94. The van der Waals surface area contributed by atoms with Gasteiger partial charge < -0.3 is 10.0 Å². The van der Waals surface area contributed by atoms with Crippen molar-refractivity contribution in [2.24, 2.45) is 5.92 Å². The summed E-state index contributed by atoms with van der Waals surface area (Å²) in [5.41, 5.74) is 0.844. The first-order valence-corrected chi connectivity index (χ1v) is 7.72. The van der Waals surface area contributed by atoms with Crippen LogP contribution < -0.4 is 4.90 Å². The van der Waals surface area contributed by atoms with Gasteiger partial charge in [0, 0.05) is 12.2 Å². The lowest BCUT2D eigenvalue weighted by Crippen LogP contribution is -2.34. The Morgan fingerprint density at radius 3 is 2.30 bits per heavy atom. The molecule has 0 aliphatic rings. The van der Waals surface area contributed by atoms with Crippen LogP contribution in [0.5, 0.6) is 0 Å². The van der Waals surface area contributed by atoms with Crippen LogP contribution in [0.1, 0.15) is 20.8 Å². The SMILES string of the molecule is CCN(C(=O)CSC(C(=O)O)C(C)C)c1ccccc1. The molecular weight excluding hydrogens is 274 g/mol. The Hall–Kier alpha value is -1.49. The van der Waals surface area contributed by atoms with Crippen LogP contribution in [0.4, 0.5) is 5.69 Å². The second-order valence-electron chi connectivity index (χ2n) is 4.79. The standard InChI is InChI=1S/C15H21NO3S/c1-4-16(12-8-6-5-7-9-12)13(17)10-20-14(11(2)3)15(18)19/h5-9,11,14H,4,10H2,1-3H3,(H,18,19). The van der Waals surface area contributed by atoms with Crippen LogP contribution in [0.3, 0.4) is 0 Å². The molecule has 0 spiro atoms. The first-order valence-electron chi connectivity index (χ1n) is 6.67. The highest BCUT2D eigenvalue weighted by Gasteiger charge is 2.24. The molecule has 4 nitrogen and oxygen atoms in total. The van der Waals surface area contributed by atoms with Gasteiger partial charge in [0.05, 0.1) is 5.75 Å². The molecule has 1 unspecified atom stereocenters. The molecule has 0 aliphatic heterocycles. The Labute approximate surface area is 124 Å². The van der Waals surface area contributed by atoms with E-state index in [4.69, 9.17) is 5.11 Å². The number of nitrogens with zero attached hydrogens (tertiary/aromatic N) is 1. The Morgan fingerprint density at radius 1 is 1.25 bits per heavy atom. The van der Waals surface area contributed by atoms with E-state index in [0.717, 1.165) is 5.69 Å². The van der Waals surface area contributed by atoms with E-state index in [1.54, 1.807) is 4.90 Å². The molecule has 110 valence electrons. The predicted octanol–water partition coefficient (Wildman–Crippen LogP) is 2.88. The molecule has 0 aliphatic carbocycles. The molecule has 0 radical (unpaired) electrons. The number of hydrogen-bond donors (Lipinski definition) is 1. The van der Waals surface area contributed by atoms with E-state index in [9.17, 15) is 9.59 Å². The fraction of sp³-hybridized carbons (Fsp3) is 0.467. The van der Waals surface area contributed by atoms with Crippen molar-refractivity contribution in [3.8, 4) is 0 Å². The predicted molar refractivity (Wildman–Crippen MR) is 83.2 cm³/mol. The minimum Gasteiger partial charge on any atom is -0.480 e. The number of benzene rings is 1. The molecule has 1 amide bonds. The molecule has 0 aromatic heterocycles. The first kappa shape index (κ1) is 16.6. The molecule has 20 heavy (non-hydrogen) atoms. The lowest BCUT2D eigenvalue weighted by atomic mass is 10.1. The van der Waals surface area contributed by atoms with Crippen LogP contribution in [0.2, 0.25) is 0 Å². The van der Waals surface area contributed by atoms with Gasteiger partial charge in [0.25, 0.3) is 0 Å². The van der Waals surface area contributed by atoms with Crippen molar-refractivity contribution in [2.45, 2.75) is 26.0 Å². The number of thioether (sulfide) groups is 1. The number of carbonyl (C=O) groups is 2. The van der Waals surface area contributed by atoms with Crippen molar-refractivity contribution in [3.63, 3.8) is 0 Å². The highest BCUT2D eigenvalue weighted by molar-refractivity contribution is 8.01. The van der Waals surface area contributed by atoms with Crippen LogP contribution >= 0.6 is 11.8 Å². The largest absolute Gasteiger partial charge is 0.480 e. The fourth-order valence-corrected chi connectivity index (χ4v) is 2.90. The van der Waals surface area contributed by atoms with E-state index in [2.05, 4.69) is 0 Å². The van der Waals surface area contributed by atoms with Crippen LogP contribution in [-0.4, -0.2) is 34.5 Å². The zero-order chi connectivity index (χ0) is 15.1. The third kappa shape index (κ3) is 4.56. The van der Waals surface area contributed by atoms with Crippen LogP contribution in [0.25, 0.3) is 0 Å². The van der Waals surface area contributed by atoms with Gasteiger partial charge in [-0.25, -0.2) is 0 Å². The van der Waals surface area contributed by atoms with Gasteiger partial charge >= 0.3 is 5.97 Å². The van der Waals surface area contributed by atoms with Crippen molar-refractivity contribution >= 4 is 29.3 Å². The molecule has 5 heteroatoms. The van der Waals surface area contributed by atoms with Gasteiger partial charge in [-0.2, -0.15) is 0 Å². The fourth-order valence-electron chi connectivity index (χ4n) is 1.90. The molecule has 1 rings (SSSR count). The average Bonchev–Trinajstić information content (AvgIpc) is 2.40. The molecule has 0 heterocycles. The molecule has 1 aromatic carbocycles. The quantitative estimate of drug-likeness (QED) is 0.840. The maximum atomic E-state index is 12.2. The number of para-hydroxylation sites is 1. The molecule has 1 N–H and O–H groups in total. The van der Waals surface area contributed by atoms with Gasteiger partial charge in [-0.05, 0) is 25.0 Å². The molecule has 0 fully saturated rings.